The largest absolute Gasteiger partial charge is 0.465 e. The van der Waals surface area contributed by atoms with E-state index in [4.69, 9.17) is 20.2 Å². The average Bonchev–Trinajstić information content (AvgIpc) is 3.17. The second-order valence-corrected chi connectivity index (χ2v) is 16.6. The van der Waals surface area contributed by atoms with E-state index >= 15 is 0 Å². The molecule has 2 aliphatic heterocycles. The molecule has 0 fully saturated rings. The zero-order valence-corrected chi connectivity index (χ0v) is 36.5. The van der Waals surface area contributed by atoms with Crippen molar-refractivity contribution < 1.29 is 23.9 Å². The lowest BCUT2D eigenvalue weighted by atomic mass is 9.75. The van der Waals surface area contributed by atoms with Gasteiger partial charge in [-0.2, -0.15) is 0 Å². The zero-order chi connectivity index (χ0) is 40.6. The first kappa shape index (κ1) is 49.2. The first-order valence-corrected chi connectivity index (χ1v) is 23.3. The Bertz CT molecular complexity index is 1220. The Morgan fingerprint density at radius 2 is 1.05 bits per heavy atom. The lowest BCUT2D eigenvalue weighted by Gasteiger charge is -2.34. The van der Waals surface area contributed by atoms with E-state index in [1.54, 1.807) is 0 Å². The van der Waals surface area contributed by atoms with Crippen LogP contribution in [0.25, 0.3) is 0 Å². The number of aliphatic imine (C=N–C) groups is 1. The molecule has 0 bridgehead atoms. The average molecular weight is 782 g/mol. The Morgan fingerprint density at radius 1 is 0.643 bits per heavy atom. The number of carbonyl (C=O) groups excluding carboxylic acids is 3. The normalized spacial score (nSPS) is 16.9. The van der Waals surface area contributed by atoms with Gasteiger partial charge in [-0.05, 0) is 32.3 Å². The number of nitrogens with two attached hydrogens (primary N) is 1. The second-order valence-electron chi connectivity index (χ2n) is 16.6. The number of amides is 1. The molecule has 0 aromatic rings. The Hall–Kier alpha value is -2.90. The van der Waals surface area contributed by atoms with Crippen molar-refractivity contribution in [2.75, 3.05) is 26.3 Å². The number of allylic oxidation sites excluding steroid dienone is 3. The van der Waals surface area contributed by atoms with E-state index in [0.29, 0.717) is 36.7 Å². The Morgan fingerprint density at radius 3 is 1.48 bits per heavy atom. The highest BCUT2D eigenvalue weighted by molar-refractivity contribution is 6.06. The van der Waals surface area contributed by atoms with E-state index in [1.165, 1.54) is 141 Å². The minimum atomic E-state index is -0.765. The summed E-state index contributed by atoms with van der Waals surface area (Å²) in [6.07, 6.45) is 41.1. The van der Waals surface area contributed by atoms with Crippen LogP contribution in [0, 0.1) is 11.8 Å². The van der Waals surface area contributed by atoms with Gasteiger partial charge in [0.15, 0.2) is 0 Å². The number of carbonyl (C=O) groups is 3. The standard InChI is InChI=1S/C48H83N3O5/c1-5-7-9-11-13-15-17-19-21-23-25-27-29-31-36-55-47(53)44-40(3)50-41(4)45(46(44)42-34-33-35-51(38-42)39-43(49)52)48(54)56-37-32-30-28-26-24-22-20-18-16-14-12-10-8-6-2/h33-34,38,44,46H,5-32,35-37,39H2,1-4H3,(H2,49,52). The SMILES string of the molecule is CCCCCCCCCCCCCCCCOC(=O)C1=C(C)N=C(C)C(C(=O)OCCCCCCCCCCCCCCCC)C1C1=CN(CC(N)=O)CC=C1. The molecule has 0 radical (unpaired) electrons. The first-order valence-electron chi connectivity index (χ1n) is 23.3. The summed E-state index contributed by atoms with van der Waals surface area (Å²) in [6.45, 7) is 9.42. The summed E-state index contributed by atoms with van der Waals surface area (Å²) in [5, 5.41) is 0. The van der Waals surface area contributed by atoms with Crippen molar-refractivity contribution in [3.05, 3.63) is 35.2 Å². The Labute approximate surface area is 343 Å². The van der Waals surface area contributed by atoms with Crippen LogP contribution in [0.5, 0.6) is 0 Å². The molecule has 2 atom stereocenters. The van der Waals surface area contributed by atoms with Gasteiger partial charge in [0.1, 0.15) is 5.92 Å². The summed E-state index contributed by atoms with van der Waals surface area (Å²) in [6, 6.07) is 0. The van der Waals surface area contributed by atoms with Gasteiger partial charge in [0.05, 0.1) is 25.3 Å². The van der Waals surface area contributed by atoms with Gasteiger partial charge in [0, 0.05) is 30.1 Å². The number of ether oxygens (including phenoxy) is 2. The van der Waals surface area contributed by atoms with Crippen LogP contribution in [-0.2, 0) is 23.9 Å². The van der Waals surface area contributed by atoms with Crippen LogP contribution >= 0.6 is 0 Å². The van der Waals surface area contributed by atoms with Gasteiger partial charge in [-0.25, -0.2) is 4.79 Å². The maximum atomic E-state index is 13.8. The van der Waals surface area contributed by atoms with Gasteiger partial charge >= 0.3 is 11.9 Å². The third-order valence-electron chi connectivity index (χ3n) is 11.5. The number of rotatable bonds is 35. The van der Waals surface area contributed by atoms with Crippen molar-refractivity contribution >= 4 is 23.6 Å². The van der Waals surface area contributed by atoms with Crippen molar-refractivity contribution in [3.8, 4) is 0 Å². The smallest absolute Gasteiger partial charge is 0.336 e. The fraction of sp³-hybridized carbons (Fsp3) is 0.792. The summed E-state index contributed by atoms with van der Waals surface area (Å²) in [4.78, 5) is 45.9. The molecule has 0 aliphatic carbocycles. The molecule has 2 aliphatic rings. The molecule has 8 nitrogen and oxygen atoms in total. The molecular formula is C48H83N3O5. The van der Waals surface area contributed by atoms with Crippen molar-refractivity contribution in [3.63, 3.8) is 0 Å². The van der Waals surface area contributed by atoms with Crippen LogP contribution in [0.3, 0.4) is 0 Å². The van der Waals surface area contributed by atoms with E-state index in [9.17, 15) is 14.4 Å². The number of primary amides is 1. The third-order valence-corrected chi connectivity index (χ3v) is 11.5. The molecule has 56 heavy (non-hydrogen) atoms. The van der Waals surface area contributed by atoms with Crippen molar-refractivity contribution in [2.45, 2.75) is 207 Å². The molecule has 2 unspecified atom stereocenters. The molecule has 2 rings (SSSR count). The van der Waals surface area contributed by atoms with E-state index in [-0.39, 0.29) is 12.5 Å². The maximum Gasteiger partial charge on any atom is 0.336 e. The molecule has 2 N–H and O–H groups in total. The molecule has 0 aromatic heterocycles. The minimum absolute atomic E-state index is 0.0451. The second kappa shape index (κ2) is 32.1. The molecule has 8 heteroatoms. The molecule has 2 heterocycles. The summed E-state index contributed by atoms with van der Waals surface area (Å²) in [5.74, 6) is -2.66. The highest BCUT2D eigenvalue weighted by Gasteiger charge is 2.43. The highest BCUT2D eigenvalue weighted by atomic mass is 16.5. The van der Waals surface area contributed by atoms with E-state index in [0.717, 1.165) is 44.1 Å². The molecule has 0 saturated heterocycles. The summed E-state index contributed by atoms with van der Waals surface area (Å²) >= 11 is 0. The number of unbranched alkanes of at least 4 members (excludes halogenated alkanes) is 26. The maximum absolute atomic E-state index is 13.8. The monoisotopic (exact) mass is 782 g/mol. The molecule has 0 spiro atoms. The number of nitrogens with zero attached hydrogens (tertiary/aromatic N) is 2. The van der Waals surface area contributed by atoms with Gasteiger partial charge < -0.3 is 20.1 Å². The third kappa shape index (κ3) is 21.6. The molecule has 320 valence electrons. The van der Waals surface area contributed by atoms with Crippen molar-refractivity contribution in [1.82, 2.24) is 4.90 Å². The molecule has 1 amide bonds. The summed E-state index contributed by atoms with van der Waals surface area (Å²) < 4.78 is 11.8. The lowest BCUT2D eigenvalue weighted by molar-refractivity contribution is -0.147. The van der Waals surface area contributed by atoms with Gasteiger partial charge in [0.2, 0.25) is 5.91 Å². The van der Waals surface area contributed by atoms with Gasteiger partial charge in [-0.15, -0.1) is 0 Å². The lowest BCUT2D eigenvalue weighted by Crippen LogP contribution is -2.40. The molecular weight excluding hydrogens is 699 g/mol. The quantitative estimate of drug-likeness (QED) is 0.0506. The molecule has 0 saturated carbocycles. The molecule has 0 aromatic carbocycles. The van der Waals surface area contributed by atoms with Crippen LogP contribution in [0.2, 0.25) is 0 Å². The number of esters is 2. The van der Waals surface area contributed by atoms with Gasteiger partial charge in [-0.1, -0.05) is 193 Å². The van der Waals surface area contributed by atoms with Crippen LogP contribution < -0.4 is 5.73 Å². The van der Waals surface area contributed by atoms with Gasteiger partial charge in [0.25, 0.3) is 0 Å². The van der Waals surface area contributed by atoms with Crippen LogP contribution in [-0.4, -0.2) is 54.8 Å². The first-order chi connectivity index (χ1) is 27.3. The fourth-order valence-electron chi connectivity index (χ4n) is 8.19. The summed E-state index contributed by atoms with van der Waals surface area (Å²) in [5.41, 5.74) is 7.82. The Balaban J connectivity index is 1.83. The minimum Gasteiger partial charge on any atom is -0.465 e. The fourth-order valence-corrected chi connectivity index (χ4v) is 8.19. The zero-order valence-electron chi connectivity index (χ0n) is 36.5. The van der Waals surface area contributed by atoms with E-state index in [1.807, 2.05) is 37.1 Å². The van der Waals surface area contributed by atoms with E-state index < -0.39 is 23.7 Å². The highest BCUT2D eigenvalue weighted by Crippen LogP contribution is 2.39. The number of hydrogen-bond donors (Lipinski definition) is 1. The Kier molecular flexibility index (Phi) is 28.2. The van der Waals surface area contributed by atoms with Crippen molar-refractivity contribution in [1.29, 1.82) is 0 Å². The van der Waals surface area contributed by atoms with Gasteiger partial charge in [-0.3, -0.25) is 14.6 Å². The number of hydrogen-bond acceptors (Lipinski definition) is 7. The predicted octanol–water partition coefficient (Wildman–Crippen LogP) is 12.3. The van der Waals surface area contributed by atoms with Crippen molar-refractivity contribution in [2.24, 2.45) is 22.6 Å². The van der Waals surface area contributed by atoms with Crippen LogP contribution in [0.15, 0.2) is 40.2 Å². The van der Waals surface area contributed by atoms with Crippen LogP contribution in [0.4, 0.5) is 0 Å². The van der Waals surface area contributed by atoms with Crippen LogP contribution in [0.1, 0.15) is 207 Å². The summed E-state index contributed by atoms with van der Waals surface area (Å²) in [7, 11) is 0. The topological polar surface area (TPSA) is 111 Å². The predicted molar refractivity (Wildman–Crippen MR) is 233 cm³/mol. The van der Waals surface area contributed by atoms with E-state index in [2.05, 4.69) is 13.8 Å².